The van der Waals surface area contributed by atoms with Crippen LogP contribution in [0.25, 0.3) is 11.1 Å². The van der Waals surface area contributed by atoms with Crippen LogP contribution >= 0.6 is 23.2 Å². The number of nitrogens with zero attached hydrogens (tertiary/aromatic N) is 1. The van der Waals surface area contributed by atoms with Crippen molar-refractivity contribution in [3.63, 3.8) is 0 Å². The maximum atomic E-state index is 15.8. The Morgan fingerprint density at radius 1 is 0.548 bits per heavy atom. The molecule has 6 aliphatic heterocycles. The molecule has 0 spiro atoms. The van der Waals surface area contributed by atoms with E-state index in [4.69, 9.17) is 42.1 Å². The van der Waals surface area contributed by atoms with Gasteiger partial charge in [0.15, 0.2) is 29.0 Å². The highest BCUT2D eigenvalue weighted by Crippen LogP contribution is 2.48. The molecule has 8 unspecified atom stereocenters. The van der Waals surface area contributed by atoms with Crippen LogP contribution in [-0.2, 0) is 44.7 Å². The second-order valence-corrected chi connectivity index (χ2v) is 23.9. The molecule has 6 aliphatic rings. The first kappa shape index (κ1) is 63.4. The molecule has 0 saturated carbocycles. The number of likely N-dealkylation sites (N-methyl/N-ethyl adjacent to an activating group) is 1. The van der Waals surface area contributed by atoms with Gasteiger partial charge in [0.2, 0.25) is 41.2 Å². The van der Waals surface area contributed by atoms with Gasteiger partial charge in [-0.1, -0.05) is 53.5 Å². The third-order valence-electron chi connectivity index (χ3n) is 15.5. The number of aliphatic hydroxyl groups is 1. The van der Waals surface area contributed by atoms with Gasteiger partial charge in [-0.2, -0.15) is 0 Å². The maximum Gasteiger partial charge on any atom is 0.410 e. The first-order valence-electron chi connectivity index (χ1n) is 28.2. The number of carboxylic acid groups (broad SMARTS) is 1. The Balaban J connectivity index is 1.13. The van der Waals surface area contributed by atoms with Crippen LogP contribution in [0.4, 0.5) is 4.79 Å². The van der Waals surface area contributed by atoms with Crippen molar-refractivity contribution >= 4 is 70.7 Å². The van der Waals surface area contributed by atoms with E-state index >= 15 is 24.0 Å². The van der Waals surface area contributed by atoms with E-state index in [0.29, 0.717) is 5.56 Å². The standard InChI is InChI=1S/C64H55Cl2N7O20/c1-64(2,3)93-63(89)73(4)53-27-8-13-39(76)43(18-27)91-32-23-35(47(66)41(78)24-32)50-59(84)69-49-29-19-44(90-31-10-5-25(6-11-31)15-37(56(81)70-50)67-61(53)86)55(80)45(20-29)92-42-14-9-28(17-36(42)65)54(79)52-60(85)71-51(62(87)88)34-21-30(74)22-40(77)46(34)33-16-26(7-12-38(33)75)48(57(82)72-52)68-58(49)83/h5-14,16-24,37,48-54,74-80H,15H2,1-4H3,(H,67,86)(H,68,83)(H,69,84)(H,70,81)(H,71,85)(H,72,82)(H,87,88). The average Bonchev–Trinajstić information content (AvgIpc) is 0.783. The van der Waals surface area contributed by atoms with Gasteiger partial charge in [0.25, 0.3) is 0 Å². The van der Waals surface area contributed by atoms with E-state index in [0.717, 1.165) is 71.6 Å². The zero-order valence-corrected chi connectivity index (χ0v) is 50.5. The number of fused-ring (bicyclic) bond motifs is 14. The summed E-state index contributed by atoms with van der Waals surface area (Å²) < 4.78 is 24.2. The summed E-state index contributed by atoms with van der Waals surface area (Å²) in [6, 6.07) is 7.76. The number of aliphatic carboxylic acids is 1. The third-order valence-corrected chi connectivity index (χ3v) is 16.2. The minimum Gasteiger partial charge on any atom is -0.508 e. The van der Waals surface area contributed by atoms with Crippen LogP contribution in [-0.4, -0.2) is 118 Å². The number of hydrogen-bond acceptors (Lipinski definition) is 19. The molecule has 0 saturated heterocycles. The van der Waals surface area contributed by atoms with Crippen molar-refractivity contribution in [3.8, 4) is 80.1 Å². The Morgan fingerprint density at radius 3 is 1.85 bits per heavy atom. The van der Waals surface area contributed by atoms with E-state index in [1.807, 2.05) is 0 Å². The van der Waals surface area contributed by atoms with Crippen molar-refractivity contribution in [2.45, 2.75) is 81.2 Å². The van der Waals surface area contributed by atoms with Crippen LogP contribution in [0.15, 0.2) is 115 Å². The molecule has 13 rings (SSSR count). The summed E-state index contributed by atoms with van der Waals surface area (Å²) in [6.07, 6.45) is -3.52. The van der Waals surface area contributed by atoms with E-state index < -0.39 is 175 Å². The predicted molar refractivity (Wildman–Crippen MR) is 325 cm³/mol. The number of carbonyl (C=O) groups is 8. The van der Waals surface area contributed by atoms with Gasteiger partial charge in [0.1, 0.15) is 88.2 Å². The molecular weight excluding hydrogens is 1260 g/mol. The summed E-state index contributed by atoms with van der Waals surface area (Å²) in [5, 5.41) is 105. The molecule has 0 radical (unpaired) electrons. The highest BCUT2D eigenvalue weighted by molar-refractivity contribution is 6.33. The fourth-order valence-corrected chi connectivity index (χ4v) is 11.5. The van der Waals surface area contributed by atoms with Gasteiger partial charge in [-0.05, 0) is 121 Å². The van der Waals surface area contributed by atoms with Crippen molar-refractivity contribution in [1.82, 2.24) is 36.8 Å². The summed E-state index contributed by atoms with van der Waals surface area (Å²) in [5.74, 6) is -15.7. The Bertz CT molecular complexity index is 4310. The Labute approximate surface area is 536 Å². The van der Waals surface area contributed by atoms with Crippen LogP contribution in [0.3, 0.4) is 0 Å². The number of rotatable bonds is 2. The molecule has 0 fully saturated rings. The van der Waals surface area contributed by atoms with Gasteiger partial charge in [-0.3, -0.25) is 33.7 Å². The number of benzene rings is 7. The number of halogens is 2. The Kier molecular flexibility index (Phi) is 16.7. The normalized spacial score (nSPS) is 21.2. The van der Waals surface area contributed by atoms with Crippen LogP contribution in [0.1, 0.15) is 96.0 Å². The van der Waals surface area contributed by atoms with Gasteiger partial charge in [-0.25, -0.2) is 9.59 Å². The number of amides is 7. The third kappa shape index (κ3) is 12.7. The molecule has 0 aromatic heterocycles. The van der Waals surface area contributed by atoms with Crippen molar-refractivity contribution in [3.05, 3.63) is 164 Å². The van der Waals surface area contributed by atoms with Crippen LogP contribution < -0.4 is 46.1 Å². The van der Waals surface area contributed by atoms with E-state index in [1.54, 1.807) is 20.8 Å². The molecular formula is C64H55Cl2N7O20. The molecule has 93 heavy (non-hydrogen) atoms. The van der Waals surface area contributed by atoms with Gasteiger partial charge >= 0.3 is 12.1 Å². The predicted octanol–water partition coefficient (Wildman–Crippen LogP) is 6.89. The smallest absolute Gasteiger partial charge is 0.410 e. The molecule has 14 N–H and O–H groups in total. The summed E-state index contributed by atoms with van der Waals surface area (Å²) in [6.45, 7) is 4.78. The second-order valence-electron chi connectivity index (χ2n) is 23.1. The number of phenolic OH excluding ortho intramolecular Hbond substituents is 6. The average molecular weight is 1310 g/mol. The summed E-state index contributed by atoms with van der Waals surface area (Å²) in [4.78, 5) is 120. The molecule has 7 aromatic rings. The number of ether oxygens (including phenoxy) is 4. The highest BCUT2D eigenvalue weighted by atomic mass is 35.5. The van der Waals surface area contributed by atoms with Crippen molar-refractivity contribution in [1.29, 1.82) is 0 Å². The van der Waals surface area contributed by atoms with Gasteiger partial charge < -0.3 is 91.7 Å². The van der Waals surface area contributed by atoms with E-state index in [-0.39, 0.29) is 56.7 Å². The second kappa shape index (κ2) is 24.6. The summed E-state index contributed by atoms with van der Waals surface area (Å²) in [7, 11) is 1.25. The van der Waals surface area contributed by atoms with E-state index in [9.17, 15) is 55.2 Å². The fourth-order valence-electron chi connectivity index (χ4n) is 11.0. The number of aromatic hydroxyl groups is 6. The zero-order chi connectivity index (χ0) is 66.8. The number of nitrogens with one attached hydrogen (secondary N) is 6. The molecule has 0 aliphatic carbocycles. The first-order chi connectivity index (χ1) is 44.0. The molecule has 6 heterocycles. The minimum absolute atomic E-state index is 0.00444. The molecule has 8 atom stereocenters. The van der Waals surface area contributed by atoms with E-state index in [2.05, 4.69) is 31.9 Å². The first-order valence-corrected chi connectivity index (χ1v) is 29.0. The highest BCUT2D eigenvalue weighted by Gasteiger charge is 2.42. The van der Waals surface area contributed by atoms with E-state index in [1.165, 1.54) is 55.6 Å². The van der Waals surface area contributed by atoms with Crippen molar-refractivity contribution in [2.75, 3.05) is 7.05 Å². The largest absolute Gasteiger partial charge is 0.508 e. The Morgan fingerprint density at radius 2 is 1.16 bits per heavy atom. The zero-order valence-electron chi connectivity index (χ0n) is 49.0. The number of carbonyl (C=O) groups excluding carboxylic acids is 7. The number of carboxylic acids is 1. The minimum atomic E-state index is -2.22. The quantitative estimate of drug-likeness (QED) is 0.0837. The van der Waals surface area contributed by atoms with Crippen LogP contribution in [0.5, 0.6) is 69.0 Å². The lowest BCUT2D eigenvalue weighted by atomic mass is 9.89. The maximum absolute atomic E-state index is 15.8. The topological polar surface area (TPSA) is 411 Å². The molecule has 27 nitrogen and oxygen atoms in total. The van der Waals surface area contributed by atoms with Gasteiger partial charge in [-0.15, -0.1) is 0 Å². The number of aliphatic hydroxyl groups excluding tert-OH is 1. The molecule has 29 heteroatoms. The summed E-state index contributed by atoms with van der Waals surface area (Å²) in [5.41, 5.74) is -3.46. The molecule has 17 bridgehead atoms. The number of phenols is 6. The number of hydrogen-bond donors (Lipinski definition) is 14. The molecule has 480 valence electrons. The van der Waals surface area contributed by atoms with Crippen molar-refractivity contribution < 1.29 is 98.2 Å². The SMILES string of the molecule is CN(C(=O)OC(C)(C)C)C1C(=O)NC2Cc3ccc(cc3)Oc3cc4cc(c3O)Oc3ccc(cc3Cl)C(O)C3NC(=O)C(NC(=O)C4NC(=O)C(NC2=O)c2cc(cc(O)c2Cl)Oc2cc1ccc2O)c1ccc(O)c(c1)-c1c(O)cc(O)cc1C(C(=O)O)NC3=O. The van der Waals surface area contributed by atoms with Crippen LogP contribution in [0, 0.1) is 0 Å². The lowest BCUT2D eigenvalue weighted by molar-refractivity contribution is -0.143. The monoisotopic (exact) mass is 1310 g/mol. The Hall–Kier alpha value is -11.2. The lowest BCUT2D eigenvalue weighted by Crippen LogP contribution is -2.55. The fraction of sp³-hybridized carbons (Fsp3) is 0.219. The molecule has 7 aromatic carbocycles. The van der Waals surface area contributed by atoms with Crippen LogP contribution in [0.2, 0.25) is 10.0 Å². The van der Waals surface area contributed by atoms with Crippen molar-refractivity contribution in [2.24, 2.45) is 0 Å². The van der Waals surface area contributed by atoms with Gasteiger partial charge in [0.05, 0.1) is 10.0 Å². The molecule has 7 amide bonds. The van der Waals surface area contributed by atoms with Gasteiger partial charge in [0, 0.05) is 47.9 Å². The lowest BCUT2D eigenvalue weighted by Gasteiger charge is -2.32. The summed E-state index contributed by atoms with van der Waals surface area (Å²) >= 11 is 13.7.